The number of carbonyl (C=O) groups is 2. The highest BCUT2D eigenvalue weighted by Crippen LogP contribution is 2.23. The fourth-order valence-electron chi connectivity index (χ4n) is 2.58. The number of carboxylic acid groups (broad SMARTS) is 1. The van der Waals surface area contributed by atoms with Gasteiger partial charge in [-0.05, 0) is 18.3 Å². The molecule has 1 fully saturated rings. The minimum Gasteiger partial charge on any atom is -0.492 e. The molecule has 1 aliphatic carbocycles. The molecular weight excluding hydrogens is 328 g/mol. The predicted molar refractivity (Wildman–Crippen MR) is 88.0 cm³/mol. The molecule has 0 unspecified atom stereocenters. The maximum Gasteiger partial charge on any atom is 0.356 e. The van der Waals surface area contributed by atoms with Crippen LogP contribution in [0.4, 0.5) is 0 Å². The first-order valence-corrected chi connectivity index (χ1v) is 7.98. The van der Waals surface area contributed by atoms with Crippen LogP contribution in [-0.2, 0) is 6.54 Å². The maximum absolute atomic E-state index is 12.9. The first-order chi connectivity index (χ1) is 11.6. The van der Waals surface area contributed by atoms with Crippen LogP contribution in [0.2, 0.25) is 0 Å². The van der Waals surface area contributed by atoms with E-state index in [9.17, 15) is 19.5 Å². The number of aromatic nitrogens is 3. The van der Waals surface area contributed by atoms with Crippen molar-refractivity contribution in [2.75, 3.05) is 0 Å². The number of aromatic carboxylic acids is 1. The van der Waals surface area contributed by atoms with Crippen LogP contribution < -0.4 is 10.9 Å². The summed E-state index contributed by atoms with van der Waals surface area (Å²) in [5.74, 6) is -2.63. The highest BCUT2D eigenvalue weighted by molar-refractivity contribution is 5.96. The summed E-state index contributed by atoms with van der Waals surface area (Å²) in [6, 6.07) is 1.21. The summed E-state index contributed by atoms with van der Waals surface area (Å²) in [7, 11) is 0. The maximum atomic E-state index is 12.9. The van der Waals surface area contributed by atoms with Crippen molar-refractivity contribution in [3.63, 3.8) is 0 Å². The van der Waals surface area contributed by atoms with Crippen LogP contribution in [0.3, 0.4) is 0 Å². The monoisotopic (exact) mass is 348 g/mol. The van der Waals surface area contributed by atoms with Gasteiger partial charge >= 0.3 is 5.97 Å². The fourth-order valence-corrected chi connectivity index (χ4v) is 2.58. The first kappa shape index (κ1) is 17.0. The van der Waals surface area contributed by atoms with E-state index >= 15 is 0 Å². The molecule has 0 saturated heterocycles. The van der Waals surface area contributed by atoms with Gasteiger partial charge in [-0.2, -0.15) is 9.61 Å². The van der Waals surface area contributed by atoms with Crippen LogP contribution in [0.15, 0.2) is 10.9 Å². The lowest BCUT2D eigenvalue weighted by Gasteiger charge is -2.21. The van der Waals surface area contributed by atoms with Crippen molar-refractivity contribution in [2.45, 2.75) is 46.2 Å². The van der Waals surface area contributed by atoms with Gasteiger partial charge in [0.1, 0.15) is 5.65 Å². The largest absolute Gasteiger partial charge is 0.492 e. The summed E-state index contributed by atoms with van der Waals surface area (Å²) < 4.78 is 2.21. The van der Waals surface area contributed by atoms with E-state index in [1.165, 1.54) is 10.6 Å². The van der Waals surface area contributed by atoms with Gasteiger partial charge in [0, 0.05) is 18.7 Å². The number of amides is 1. The van der Waals surface area contributed by atoms with Gasteiger partial charge in [-0.3, -0.25) is 14.2 Å². The van der Waals surface area contributed by atoms with Crippen LogP contribution in [0, 0.1) is 5.41 Å². The lowest BCUT2D eigenvalue weighted by atomic mass is 9.97. The average molecular weight is 348 g/mol. The van der Waals surface area contributed by atoms with E-state index in [2.05, 4.69) is 10.4 Å². The van der Waals surface area contributed by atoms with E-state index in [4.69, 9.17) is 5.11 Å². The van der Waals surface area contributed by atoms with Crippen LogP contribution >= 0.6 is 0 Å². The van der Waals surface area contributed by atoms with Crippen molar-refractivity contribution in [3.05, 3.63) is 27.7 Å². The zero-order valence-electron chi connectivity index (χ0n) is 14.2. The van der Waals surface area contributed by atoms with E-state index in [-0.39, 0.29) is 29.3 Å². The Hall–Kier alpha value is -2.84. The van der Waals surface area contributed by atoms with E-state index in [1.807, 2.05) is 20.8 Å². The zero-order valence-corrected chi connectivity index (χ0v) is 14.2. The van der Waals surface area contributed by atoms with E-state index in [0.29, 0.717) is 0 Å². The van der Waals surface area contributed by atoms with Gasteiger partial charge in [-0.15, -0.1) is 0 Å². The second-order valence-electron chi connectivity index (χ2n) is 7.50. The highest BCUT2D eigenvalue weighted by atomic mass is 16.4. The number of carboxylic acids is 1. The normalized spacial score (nSPS) is 14.7. The molecule has 3 N–H and O–H groups in total. The van der Waals surface area contributed by atoms with Gasteiger partial charge in [-0.1, -0.05) is 20.8 Å². The minimum atomic E-state index is -1.29. The van der Waals surface area contributed by atoms with Crippen molar-refractivity contribution >= 4 is 17.5 Å². The van der Waals surface area contributed by atoms with Crippen molar-refractivity contribution in [1.82, 2.24) is 19.5 Å². The Kier molecular flexibility index (Phi) is 3.81. The van der Waals surface area contributed by atoms with Gasteiger partial charge < -0.3 is 15.5 Å². The molecule has 3 rings (SSSR count). The predicted octanol–water partition coefficient (Wildman–Crippen LogP) is 0.838. The third-order valence-electron chi connectivity index (χ3n) is 3.84. The average Bonchev–Trinajstić information content (AvgIpc) is 3.16. The Bertz CT molecular complexity index is 931. The molecule has 2 heterocycles. The summed E-state index contributed by atoms with van der Waals surface area (Å²) in [6.45, 7) is 5.94. The SMILES string of the molecule is CC(C)(C)Cn1c(=O)c(C(=O)NC2CC2)c(O)n2nc(C(=O)O)cc12. The van der Waals surface area contributed by atoms with Crippen LogP contribution in [0.1, 0.15) is 54.5 Å². The summed E-state index contributed by atoms with van der Waals surface area (Å²) in [5.41, 5.74) is -1.62. The Labute approximate surface area is 142 Å². The Morgan fingerprint density at radius 1 is 1.36 bits per heavy atom. The Morgan fingerprint density at radius 3 is 2.52 bits per heavy atom. The number of fused-ring (bicyclic) bond motifs is 1. The van der Waals surface area contributed by atoms with Gasteiger partial charge in [0.2, 0.25) is 5.88 Å². The van der Waals surface area contributed by atoms with Gasteiger partial charge in [-0.25, -0.2) is 4.79 Å². The molecule has 9 heteroatoms. The molecule has 1 amide bonds. The number of carbonyl (C=O) groups excluding carboxylic acids is 1. The van der Waals surface area contributed by atoms with Gasteiger partial charge in [0.05, 0.1) is 0 Å². The molecule has 0 radical (unpaired) electrons. The molecule has 0 aliphatic heterocycles. The lowest BCUT2D eigenvalue weighted by Crippen LogP contribution is -2.37. The molecule has 134 valence electrons. The minimum absolute atomic E-state index is 0.00488. The van der Waals surface area contributed by atoms with Crippen molar-refractivity contribution in [2.24, 2.45) is 5.41 Å². The molecule has 9 nitrogen and oxygen atoms in total. The van der Waals surface area contributed by atoms with E-state index in [1.54, 1.807) is 0 Å². The quantitative estimate of drug-likeness (QED) is 0.751. The molecule has 1 aliphatic rings. The van der Waals surface area contributed by atoms with E-state index in [0.717, 1.165) is 17.4 Å². The third kappa shape index (κ3) is 3.21. The molecule has 2 aromatic heterocycles. The number of hydrogen-bond acceptors (Lipinski definition) is 5. The summed E-state index contributed by atoms with van der Waals surface area (Å²) in [4.78, 5) is 36.5. The number of nitrogens with one attached hydrogen (secondary N) is 1. The van der Waals surface area contributed by atoms with Gasteiger partial charge in [0.15, 0.2) is 11.3 Å². The molecule has 0 spiro atoms. The van der Waals surface area contributed by atoms with Crippen molar-refractivity contribution in [3.8, 4) is 5.88 Å². The Morgan fingerprint density at radius 2 is 2.00 bits per heavy atom. The topological polar surface area (TPSA) is 126 Å². The molecule has 1 saturated carbocycles. The zero-order chi connectivity index (χ0) is 18.5. The standard InChI is InChI=1S/C16H20N4O5/c1-16(2,3)7-19-10-6-9(15(24)25)18-20(10)14(23)11(13(19)22)12(21)17-8-4-5-8/h6,8,23H,4-5,7H2,1-3H3,(H,17,21)(H,24,25). The third-order valence-corrected chi connectivity index (χ3v) is 3.84. The van der Waals surface area contributed by atoms with Crippen molar-refractivity contribution < 1.29 is 19.8 Å². The van der Waals surface area contributed by atoms with Crippen molar-refractivity contribution in [1.29, 1.82) is 0 Å². The van der Waals surface area contributed by atoms with Crippen LogP contribution in [-0.4, -0.2) is 42.3 Å². The van der Waals surface area contributed by atoms with E-state index < -0.39 is 28.9 Å². The van der Waals surface area contributed by atoms with Gasteiger partial charge in [0.25, 0.3) is 11.5 Å². The molecule has 2 aromatic rings. The second kappa shape index (κ2) is 5.61. The Balaban J connectivity index is 2.26. The molecule has 0 bridgehead atoms. The summed E-state index contributed by atoms with van der Waals surface area (Å²) in [5, 5.41) is 26.0. The number of hydrogen-bond donors (Lipinski definition) is 3. The van der Waals surface area contributed by atoms with Crippen LogP contribution in [0.25, 0.3) is 5.65 Å². The second-order valence-corrected chi connectivity index (χ2v) is 7.50. The highest BCUT2D eigenvalue weighted by Gasteiger charge is 2.30. The first-order valence-electron chi connectivity index (χ1n) is 7.98. The summed E-state index contributed by atoms with van der Waals surface area (Å²) in [6.07, 6.45) is 1.66. The number of aromatic hydroxyl groups is 1. The molecule has 0 atom stereocenters. The van der Waals surface area contributed by atoms with Crippen LogP contribution in [0.5, 0.6) is 5.88 Å². The smallest absolute Gasteiger partial charge is 0.356 e. The fraction of sp³-hybridized carbons (Fsp3) is 0.500. The summed E-state index contributed by atoms with van der Waals surface area (Å²) >= 11 is 0. The molecular formula is C16H20N4O5. The molecule has 0 aromatic carbocycles. The molecule has 25 heavy (non-hydrogen) atoms. The number of nitrogens with zero attached hydrogens (tertiary/aromatic N) is 3. The lowest BCUT2D eigenvalue weighted by molar-refractivity contribution is 0.0690. The number of rotatable bonds is 4.